The van der Waals surface area contributed by atoms with Crippen LogP contribution >= 0.6 is 0 Å². The van der Waals surface area contributed by atoms with Gasteiger partial charge >= 0.3 is 0 Å². The highest BCUT2D eigenvalue weighted by molar-refractivity contribution is 6.14. The van der Waals surface area contributed by atoms with Crippen molar-refractivity contribution >= 4 is 17.8 Å². The zero-order valence-corrected chi connectivity index (χ0v) is 17.2. The smallest absolute Gasteiger partial charge is 0.290 e. The Morgan fingerprint density at radius 3 is 2.81 bits per heavy atom. The molecule has 31 heavy (non-hydrogen) atoms. The van der Waals surface area contributed by atoms with Crippen LogP contribution in [0.15, 0.2) is 64.6 Å². The number of hydrogen-bond acceptors (Lipinski definition) is 6. The number of carbonyl (C=O) groups is 2. The van der Waals surface area contributed by atoms with E-state index >= 15 is 0 Å². The lowest BCUT2D eigenvalue weighted by Gasteiger charge is -2.28. The van der Waals surface area contributed by atoms with Crippen LogP contribution in [0.2, 0.25) is 0 Å². The second kappa shape index (κ2) is 9.72. The average Bonchev–Trinajstić information content (AvgIpc) is 3.41. The van der Waals surface area contributed by atoms with Gasteiger partial charge < -0.3 is 24.1 Å². The summed E-state index contributed by atoms with van der Waals surface area (Å²) in [6, 6.07) is 8.05. The molecule has 0 unspecified atom stereocenters. The van der Waals surface area contributed by atoms with Crippen molar-refractivity contribution in [2.45, 2.75) is 12.5 Å². The minimum atomic E-state index is -0.720. The highest BCUT2D eigenvalue weighted by atomic mass is 16.5. The van der Waals surface area contributed by atoms with Gasteiger partial charge in [0.05, 0.1) is 37.3 Å². The molecule has 1 saturated heterocycles. The van der Waals surface area contributed by atoms with Gasteiger partial charge in [-0.2, -0.15) is 0 Å². The summed E-state index contributed by atoms with van der Waals surface area (Å²) in [5.41, 5.74) is 0.596. The predicted molar refractivity (Wildman–Crippen MR) is 112 cm³/mol. The van der Waals surface area contributed by atoms with E-state index in [1.54, 1.807) is 41.4 Å². The lowest BCUT2D eigenvalue weighted by atomic mass is 9.99. The predicted octanol–water partition coefficient (Wildman–Crippen LogP) is 0.958. The van der Waals surface area contributed by atoms with E-state index in [1.165, 1.54) is 23.3 Å². The van der Waals surface area contributed by atoms with Gasteiger partial charge in [-0.3, -0.25) is 14.6 Å². The summed E-state index contributed by atoms with van der Waals surface area (Å²) >= 11 is 0. The van der Waals surface area contributed by atoms with E-state index < -0.39 is 23.5 Å². The van der Waals surface area contributed by atoms with Crippen LogP contribution in [-0.4, -0.2) is 66.1 Å². The molecule has 0 aliphatic carbocycles. The molecule has 2 N–H and O–H groups in total. The molecule has 2 aromatic heterocycles. The number of carbonyl (C=O) groups excluding carboxylic acids is 2. The lowest BCUT2D eigenvalue weighted by molar-refractivity contribution is -0.908. The number of aliphatic hydroxyl groups excluding tert-OH is 1. The number of ether oxygens (including phenoxy) is 1. The Labute approximate surface area is 180 Å². The number of allylic oxidation sites excluding steroid dienone is 1. The first-order chi connectivity index (χ1) is 15.1. The highest BCUT2D eigenvalue weighted by Gasteiger charge is 2.43. The van der Waals surface area contributed by atoms with E-state index in [-0.39, 0.29) is 5.57 Å². The van der Waals surface area contributed by atoms with Crippen molar-refractivity contribution in [3.05, 3.63) is 71.7 Å². The standard InChI is InChI=1S/C23H25N3O5/c27-19(8-7-17-5-3-14-31-17)20-21(18-6-1-2-9-24-18)26(23(29)22(20)28)11-4-10-25-12-15-30-16-13-25/h1-3,5-9,14,21,28H,4,10-13,15-16H2/p+1/b8-7+/t21-/m1/s1. The van der Waals surface area contributed by atoms with Gasteiger partial charge in [0.25, 0.3) is 5.91 Å². The number of aromatic nitrogens is 1. The number of rotatable bonds is 8. The molecule has 1 amide bonds. The van der Waals surface area contributed by atoms with E-state index in [4.69, 9.17) is 9.15 Å². The van der Waals surface area contributed by atoms with Crippen LogP contribution in [0.25, 0.3) is 6.08 Å². The molecular formula is C23H26N3O5+. The third kappa shape index (κ3) is 4.76. The molecule has 1 atom stereocenters. The molecule has 0 bridgehead atoms. The molecule has 8 nitrogen and oxygen atoms in total. The van der Waals surface area contributed by atoms with Crippen LogP contribution in [0.3, 0.4) is 0 Å². The van der Waals surface area contributed by atoms with Gasteiger partial charge in [0.15, 0.2) is 11.5 Å². The molecule has 4 rings (SSSR count). The maximum Gasteiger partial charge on any atom is 0.290 e. The first-order valence-electron chi connectivity index (χ1n) is 10.5. The van der Waals surface area contributed by atoms with Crippen LogP contribution in [0.1, 0.15) is 23.9 Å². The van der Waals surface area contributed by atoms with Crippen molar-refractivity contribution in [2.75, 3.05) is 39.4 Å². The number of hydrogen-bond donors (Lipinski definition) is 2. The van der Waals surface area contributed by atoms with E-state index in [0.717, 1.165) is 39.3 Å². The number of nitrogens with one attached hydrogen (secondary N) is 1. The molecule has 4 heterocycles. The fraction of sp³-hybridized carbons (Fsp3) is 0.348. The minimum Gasteiger partial charge on any atom is -0.503 e. The van der Waals surface area contributed by atoms with Gasteiger partial charge in [0.1, 0.15) is 24.9 Å². The number of amides is 1. The maximum absolute atomic E-state index is 13.0. The average molecular weight is 424 g/mol. The van der Waals surface area contributed by atoms with Gasteiger partial charge in [0.2, 0.25) is 0 Å². The Hall–Kier alpha value is -3.23. The minimum absolute atomic E-state index is 0.0465. The summed E-state index contributed by atoms with van der Waals surface area (Å²) in [6.45, 7) is 4.71. The van der Waals surface area contributed by atoms with Crippen LogP contribution < -0.4 is 4.90 Å². The SMILES string of the molecule is O=C(/C=C/c1ccco1)C1=C(O)C(=O)N(CCC[NH+]2CCOCC2)[C@@H]1c1ccccn1. The topological polar surface area (TPSA) is 97.3 Å². The monoisotopic (exact) mass is 424 g/mol. The van der Waals surface area contributed by atoms with Crippen molar-refractivity contribution in [1.82, 2.24) is 9.88 Å². The highest BCUT2D eigenvalue weighted by Crippen LogP contribution is 2.37. The Morgan fingerprint density at radius 1 is 1.26 bits per heavy atom. The number of ketones is 1. The molecule has 162 valence electrons. The maximum atomic E-state index is 13.0. The fourth-order valence-corrected chi connectivity index (χ4v) is 4.02. The first-order valence-corrected chi connectivity index (χ1v) is 10.5. The second-order valence-corrected chi connectivity index (χ2v) is 7.60. The molecule has 0 spiro atoms. The molecular weight excluding hydrogens is 398 g/mol. The first kappa shape index (κ1) is 21.0. The fourth-order valence-electron chi connectivity index (χ4n) is 4.02. The van der Waals surface area contributed by atoms with Gasteiger partial charge in [-0.25, -0.2) is 0 Å². The van der Waals surface area contributed by atoms with Crippen LogP contribution in [-0.2, 0) is 14.3 Å². The van der Waals surface area contributed by atoms with Gasteiger partial charge in [-0.15, -0.1) is 0 Å². The van der Waals surface area contributed by atoms with Gasteiger partial charge in [-0.1, -0.05) is 6.07 Å². The van der Waals surface area contributed by atoms with Crippen molar-refractivity contribution in [2.24, 2.45) is 0 Å². The Bertz CT molecular complexity index is 962. The molecule has 1 fully saturated rings. The molecule has 2 aromatic rings. The van der Waals surface area contributed by atoms with Crippen molar-refractivity contribution < 1.29 is 28.7 Å². The van der Waals surface area contributed by atoms with E-state index in [2.05, 4.69) is 4.98 Å². The Kier molecular flexibility index (Phi) is 6.59. The number of pyridine rings is 1. The van der Waals surface area contributed by atoms with Crippen LogP contribution in [0.4, 0.5) is 0 Å². The second-order valence-electron chi connectivity index (χ2n) is 7.60. The largest absolute Gasteiger partial charge is 0.503 e. The number of aliphatic hydroxyl groups is 1. The molecule has 2 aliphatic heterocycles. The summed E-state index contributed by atoms with van der Waals surface area (Å²) < 4.78 is 10.6. The lowest BCUT2D eigenvalue weighted by Crippen LogP contribution is -3.14. The number of furan rings is 1. The summed E-state index contributed by atoms with van der Waals surface area (Å²) in [5.74, 6) is -0.984. The number of morpholine rings is 1. The quantitative estimate of drug-likeness (QED) is 0.613. The molecule has 0 radical (unpaired) electrons. The third-order valence-electron chi connectivity index (χ3n) is 5.61. The summed E-state index contributed by atoms with van der Waals surface area (Å²) in [5, 5.41) is 10.6. The third-order valence-corrected chi connectivity index (χ3v) is 5.61. The van der Waals surface area contributed by atoms with Crippen molar-refractivity contribution in [3.8, 4) is 0 Å². The van der Waals surface area contributed by atoms with E-state index in [1.807, 2.05) is 0 Å². The van der Waals surface area contributed by atoms with E-state index in [9.17, 15) is 14.7 Å². The summed E-state index contributed by atoms with van der Waals surface area (Å²) in [6.07, 6.45) is 6.71. The van der Waals surface area contributed by atoms with Gasteiger partial charge in [0, 0.05) is 19.2 Å². The molecule has 8 heteroatoms. The van der Waals surface area contributed by atoms with Gasteiger partial charge in [-0.05, 0) is 36.4 Å². The normalized spacial score (nSPS) is 20.2. The molecule has 2 aliphatic rings. The van der Waals surface area contributed by atoms with Crippen LogP contribution in [0, 0.1) is 0 Å². The Balaban J connectivity index is 1.54. The molecule has 0 saturated carbocycles. The summed E-state index contributed by atoms with van der Waals surface area (Å²) in [7, 11) is 0. The number of nitrogens with zero attached hydrogens (tertiary/aromatic N) is 2. The summed E-state index contributed by atoms with van der Waals surface area (Å²) in [4.78, 5) is 33.2. The van der Waals surface area contributed by atoms with Crippen molar-refractivity contribution in [3.63, 3.8) is 0 Å². The zero-order chi connectivity index (χ0) is 21.6. The Morgan fingerprint density at radius 2 is 2.10 bits per heavy atom. The zero-order valence-electron chi connectivity index (χ0n) is 17.2. The van der Waals surface area contributed by atoms with Crippen molar-refractivity contribution in [1.29, 1.82) is 0 Å². The van der Waals surface area contributed by atoms with E-state index in [0.29, 0.717) is 18.0 Å². The number of quaternary nitrogens is 1. The van der Waals surface area contributed by atoms with Crippen LogP contribution in [0.5, 0.6) is 0 Å². The molecule has 0 aromatic carbocycles.